The molecule has 1 aliphatic rings. The molecule has 1 aromatic heterocycles. The topological polar surface area (TPSA) is 30.7 Å². The van der Waals surface area contributed by atoms with Gasteiger partial charge < -0.3 is 0 Å². The van der Waals surface area contributed by atoms with Crippen molar-refractivity contribution >= 4 is 27.0 Å². The number of halogens is 2. The monoisotopic (exact) mass is 283 g/mol. The van der Waals surface area contributed by atoms with Gasteiger partial charge in [0.05, 0.1) is 9.99 Å². The fourth-order valence-corrected chi connectivity index (χ4v) is 2.35. The zero-order valence-electron chi connectivity index (χ0n) is 8.66. The van der Waals surface area contributed by atoms with Crippen LogP contribution in [0.25, 0.3) is 11.0 Å². The molecule has 0 spiro atoms. The summed E-state index contributed by atoms with van der Waals surface area (Å²) in [5.74, 6) is 0.428. The van der Waals surface area contributed by atoms with E-state index in [-0.39, 0.29) is 5.82 Å². The Hall–Kier alpha value is -0.970. The maximum atomic E-state index is 13.3. The fourth-order valence-electron chi connectivity index (χ4n) is 2.02. The Morgan fingerprint density at radius 3 is 2.94 bits per heavy atom. The number of rotatable bonds is 2. The van der Waals surface area contributed by atoms with E-state index in [1.165, 1.54) is 25.3 Å². The zero-order chi connectivity index (χ0) is 11.1. The second kappa shape index (κ2) is 3.80. The molecule has 1 heterocycles. The Kier molecular flexibility index (Phi) is 2.42. The average Bonchev–Trinajstić information content (AvgIpc) is 2.56. The van der Waals surface area contributed by atoms with E-state index in [9.17, 15) is 4.39 Å². The minimum Gasteiger partial charge on any atom is -0.244 e. The van der Waals surface area contributed by atoms with Crippen molar-refractivity contribution in [1.29, 1.82) is 0 Å². The lowest BCUT2D eigenvalue weighted by Gasteiger charge is -2.24. The van der Waals surface area contributed by atoms with E-state index in [1.54, 1.807) is 6.07 Å². The Balaban J connectivity index is 2.01. The summed E-state index contributed by atoms with van der Waals surface area (Å²) in [6, 6.07) is 3.17. The van der Waals surface area contributed by atoms with Crippen LogP contribution in [0.3, 0.4) is 0 Å². The molecule has 0 unspecified atom stereocenters. The highest BCUT2D eigenvalue weighted by molar-refractivity contribution is 9.10. The quantitative estimate of drug-likeness (QED) is 0.848. The molecular weight excluding hydrogens is 273 g/mol. The van der Waals surface area contributed by atoms with Gasteiger partial charge in [-0.15, -0.1) is 5.10 Å². The molecule has 5 heteroatoms. The highest BCUT2D eigenvalue weighted by Crippen LogP contribution is 2.29. The molecule has 2 aromatic rings. The van der Waals surface area contributed by atoms with Gasteiger partial charge in [-0.2, -0.15) is 0 Å². The first-order valence-electron chi connectivity index (χ1n) is 5.42. The molecule has 1 aromatic carbocycles. The normalized spacial score (nSPS) is 16.6. The summed E-state index contributed by atoms with van der Waals surface area (Å²) >= 11 is 3.19. The summed E-state index contributed by atoms with van der Waals surface area (Å²) in [6.07, 6.45) is 3.85. The second-order valence-electron chi connectivity index (χ2n) is 4.32. The molecule has 0 aliphatic heterocycles. The second-order valence-corrected chi connectivity index (χ2v) is 5.18. The van der Waals surface area contributed by atoms with Crippen LogP contribution in [0.4, 0.5) is 4.39 Å². The number of hydrogen-bond donors (Lipinski definition) is 0. The maximum Gasteiger partial charge on any atom is 0.139 e. The Bertz CT molecular complexity index is 533. The lowest BCUT2D eigenvalue weighted by atomic mass is 9.85. The van der Waals surface area contributed by atoms with Gasteiger partial charge in [0.15, 0.2) is 0 Å². The molecule has 0 amide bonds. The van der Waals surface area contributed by atoms with Crippen LogP contribution in [0.1, 0.15) is 19.3 Å². The van der Waals surface area contributed by atoms with Crippen molar-refractivity contribution in [3.8, 4) is 0 Å². The van der Waals surface area contributed by atoms with Gasteiger partial charge in [-0.1, -0.05) is 11.6 Å². The van der Waals surface area contributed by atoms with Crippen LogP contribution in [0.2, 0.25) is 0 Å². The number of benzene rings is 1. The van der Waals surface area contributed by atoms with E-state index in [0.29, 0.717) is 15.9 Å². The van der Waals surface area contributed by atoms with E-state index in [1.807, 2.05) is 4.68 Å². The Labute approximate surface area is 101 Å². The van der Waals surface area contributed by atoms with Gasteiger partial charge >= 0.3 is 0 Å². The predicted molar refractivity (Wildman–Crippen MR) is 62.5 cm³/mol. The number of aromatic nitrogens is 3. The summed E-state index contributed by atoms with van der Waals surface area (Å²) < 4.78 is 15.6. The lowest BCUT2D eigenvalue weighted by molar-refractivity contribution is 0.268. The largest absolute Gasteiger partial charge is 0.244 e. The van der Waals surface area contributed by atoms with Gasteiger partial charge in [0.2, 0.25) is 0 Å². The van der Waals surface area contributed by atoms with Crippen LogP contribution in [0.5, 0.6) is 0 Å². The van der Waals surface area contributed by atoms with Gasteiger partial charge in [-0.05, 0) is 40.8 Å². The Morgan fingerprint density at radius 1 is 1.44 bits per heavy atom. The SMILES string of the molecule is Fc1cc2nnn(CC3CCC3)c2cc1Br. The molecule has 1 saturated carbocycles. The van der Waals surface area contributed by atoms with E-state index < -0.39 is 0 Å². The molecule has 1 fully saturated rings. The summed E-state index contributed by atoms with van der Waals surface area (Å²) in [4.78, 5) is 0. The standard InChI is InChI=1S/C11H11BrFN3/c12-8-4-11-10(5-9(8)13)14-15-16(11)6-7-2-1-3-7/h4-5,7H,1-3,6H2. The van der Waals surface area contributed by atoms with Gasteiger partial charge in [0.25, 0.3) is 0 Å². The van der Waals surface area contributed by atoms with Gasteiger partial charge in [-0.25, -0.2) is 9.07 Å². The van der Waals surface area contributed by atoms with Crippen molar-refractivity contribution in [1.82, 2.24) is 15.0 Å². The minimum atomic E-state index is -0.289. The minimum absolute atomic E-state index is 0.289. The fraction of sp³-hybridized carbons (Fsp3) is 0.455. The van der Waals surface area contributed by atoms with Crippen molar-refractivity contribution in [3.63, 3.8) is 0 Å². The first kappa shape index (κ1) is 10.2. The average molecular weight is 284 g/mol. The lowest BCUT2D eigenvalue weighted by Crippen LogP contribution is -2.18. The van der Waals surface area contributed by atoms with Crippen LogP contribution in [0.15, 0.2) is 16.6 Å². The maximum absolute atomic E-state index is 13.3. The zero-order valence-corrected chi connectivity index (χ0v) is 10.2. The van der Waals surface area contributed by atoms with Crippen LogP contribution in [0, 0.1) is 11.7 Å². The molecule has 0 atom stereocenters. The molecular formula is C11H11BrFN3. The van der Waals surface area contributed by atoms with E-state index in [0.717, 1.165) is 12.1 Å². The third kappa shape index (κ3) is 1.63. The number of hydrogen-bond acceptors (Lipinski definition) is 2. The van der Waals surface area contributed by atoms with Crippen molar-refractivity contribution in [2.24, 2.45) is 5.92 Å². The smallest absolute Gasteiger partial charge is 0.139 e. The molecule has 0 N–H and O–H groups in total. The molecule has 0 saturated heterocycles. The van der Waals surface area contributed by atoms with Crippen molar-refractivity contribution in [2.45, 2.75) is 25.8 Å². The van der Waals surface area contributed by atoms with Crippen molar-refractivity contribution in [3.05, 3.63) is 22.4 Å². The molecule has 0 radical (unpaired) electrons. The molecule has 3 nitrogen and oxygen atoms in total. The van der Waals surface area contributed by atoms with Gasteiger partial charge in [-0.3, -0.25) is 0 Å². The first-order chi connectivity index (χ1) is 7.74. The summed E-state index contributed by atoms with van der Waals surface area (Å²) in [6.45, 7) is 0.897. The predicted octanol–water partition coefficient (Wildman–Crippen LogP) is 3.13. The molecule has 84 valence electrons. The van der Waals surface area contributed by atoms with Crippen molar-refractivity contribution < 1.29 is 4.39 Å². The van der Waals surface area contributed by atoms with Crippen LogP contribution >= 0.6 is 15.9 Å². The van der Waals surface area contributed by atoms with Crippen molar-refractivity contribution in [2.75, 3.05) is 0 Å². The van der Waals surface area contributed by atoms with Crippen LogP contribution in [-0.4, -0.2) is 15.0 Å². The van der Waals surface area contributed by atoms with E-state index >= 15 is 0 Å². The summed E-state index contributed by atoms with van der Waals surface area (Å²) in [5.41, 5.74) is 1.53. The highest BCUT2D eigenvalue weighted by atomic mass is 79.9. The van der Waals surface area contributed by atoms with E-state index in [2.05, 4.69) is 26.2 Å². The number of nitrogens with zero attached hydrogens (tertiary/aromatic N) is 3. The highest BCUT2D eigenvalue weighted by Gasteiger charge is 2.19. The summed E-state index contributed by atoms with van der Waals surface area (Å²) in [7, 11) is 0. The number of fused-ring (bicyclic) bond motifs is 1. The molecule has 0 bridgehead atoms. The van der Waals surface area contributed by atoms with Gasteiger partial charge in [0.1, 0.15) is 11.3 Å². The van der Waals surface area contributed by atoms with Crippen LogP contribution in [-0.2, 0) is 6.54 Å². The molecule has 1 aliphatic carbocycles. The Morgan fingerprint density at radius 2 is 2.25 bits per heavy atom. The van der Waals surface area contributed by atoms with Crippen LogP contribution < -0.4 is 0 Å². The van der Waals surface area contributed by atoms with Gasteiger partial charge in [0, 0.05) is 12.6 Å². The van der Waals surface area contributed by atoms with E-state index in [4.69, 9.17) is 0 Å². The third-order valence-corrected chi connectivity index (χ3v) is 3.82. The summed E-state index contributed by atoms with van der Waals surface area (Å²) in [5, 5.41) is 8.06. The molecule has 3 rings (SSSR count). The third-order valence-electron chi connectivity index (χ3n) is 3.21. The molecule has 16 heavy (non-hydrogen) atoms. The first-order valence-corrected chi connectivity index (χ1v) is 6.21.